The number of carbonyl (C=O) groups is 4. The molecular weight excluding hydrogens is 454 g/mol. The highest BCUT2D eigenvalue weighted by Gasteiger charge is 2.28. The second-order valence-corrected chi connectivity index (χ2v) is 9.08. The first-order chi connectivity index (χ1) is 16.2. The minimum atomic E-state index is -0.889. The van der Waals surface area contributed by atoms with Crippen molar-refractivity contribution in [2.24, 2.45) is 5.92 Å². The number of ketones is 1. The number of rotatable bonds is 9. The number of esters is 1. The molecule has 3 rings (SSSR count). The summed E-state index contributed by atoms with van der Waals surface area (Å²) in [6.45, 7) is 6.55. The van der Waals surface area contributed by atoms with Gasteiger partial charge in [-0.25, -0.2) is 4.79 Å². The molecule has 0 fully saturated rings. The zero-order valence-electron chi connectivity index (χ0n) is 19.5. The van der Waals surface area contributed by atoms with Gasteiger partial charge in [-0.05, 0) is 49.4 Å². The molecule has 34 heavy (non-hydrogen) atoms. The van der Waals surface area contributed by atoms with E-state index in [1.807, 2.05) is 6.07 Å². The van der Waals surface area contributed by atoms with Crippen LogP contribution in [-0.4, -0.2) is 40.9 Å². The highest BCUT2D eigenvalue weighted by molar-refractivity contribution is 7.12. The topological polar surface area (TPSA) is 106 Å². The molecule has 2 aromatic heterocycles. The van der Waals surface area contributed by atoms with Crippen molar-refractivity contribution in [2.45, 2.75) is 33.7 Å². The van der Waals surface area contributed by atoms with Gasteiger partial charge in [-0.15, -0.1) is 11.3 Å². The van der Waals surface area contributed by atoms with Gasteiger partial charge in [-0.1, -0.05) is 38.1 Å². The van der Waals surface area contributed by atoms with Crippen LogP contribution in [0.1, 0.15) is 55.6 Å². The summed E-state index contributed by atoms with van der Waals surface area (Å²) >= 11 is 1.27. The number of ether oxygens (including phenoxy) is 1. The maximum Gasteiger partial charge on any atom is 0.329 e. The summed E-state index contributed by atoms with van der Waals surface area (Å²) in [6.07, 6.45) is 0. The summed E-state index contributed by atoms with van der Waals surface area (Å²) in [5.74, 6) is -2.00. The van der Waals surface area contributed by atoms with Gasteiger partial charge in [0.15, 0.2) is 6.61 Å². The molecule has 9 heteroatoms. The summed E-state index contributed by atoms with van der Waals surface area (Å²) in [7, 11) is 0. The molecule has 0 radical (unpaired) electrons. The molecule has 1 atom stereocenters. The molecule has 1 unspecified atom stereocenters. The van der Waals surface area contributed by atoms with Crippen molar-refractivity contribution >= 4 is 34.9 Å². The number of hydrogen-bond acceptors (Lipinski definition) is 6. The Morgan fingerprint density at radius 3 is 2.32 bits per heavy atom. The van der Waals surface area contributed by atoms with Crippen LogP contribution in [0, 0.1) is 19.8 Å². The maximum absolute atomic E-state index is 12.8. The summed E-state index contributed by atoms with van der Waals surface area (Å²) in [5.41, 5.74) is 4.77. The highest BCUT2D eigenvalue weighted by atomic mass is 32.1. The number of benzene rings is 1. The fraction of sp³-hybridized carbons (Fsp3) is 0.280. The lowest BCUT2D eigenvalue weighted by Crippen LogP contribution is -2.45. The lowest BCUT2D eigenvalue weighted by Gasteiger charge is -2.20. The van der Waals surface area contributed by atoms with Gasteiger partial charge in [-0.3, -0.25) is 24.5 Å². The Morgan fingerprint density at radius 1 is 1.00 bits per heavy atom. The van der Waals surface area contributed by atoms with Crippen LogP contribution in [0.4, 0.5) is 0 Å². The largest absolute Gasteiger partial charge is 0.456 e. The minimum absolute atomic E-state index is 0.232. The first kappa shape index (κ1) is 24.9. The lowest BCUT2D eigenvalue weighted by molar-refractivity contribution is -0.145. The van der Waals surface area contributed by atoms with E-state index in [1.165, 1.54) is 16.0 Å². The van der Waals surface area contributed by atoms with Gasteiger partial charge in [0.25, 0.3) is 11.8 Å². The Labute approximate surface area is 201 Å². The van der Waals surface area contributed by atoms with E-state index in [4.69, 9.17) is 4.74 Å². The molecule has 3 aromatic rings. The molecule has 0 aliphatic heterocycles. The van der Waals surface area contributed by atoms with Crippen molar-refractivity contribution in [3.8, 4) is 0 Å². The fourth-order valence-corrected chi connectivity index (χ4v) is 4.02. The summed E-state index contributed by atoms with van der Waals surface area (Å²) < 4.78 is 6.79. The predicted octanol–water partition coefficient (Wildman–Crippen LogP) is 3.73. The first-order valence-electron chi connectivity index (χ1n) is 10.8. The zero-order chi connectivity index (χ0) is 24.8. The average Bonchev–Trinajstić information content (AvgIpc) is 3.45. The smallest absolute Gasteiger partial charge is 0.329 e. The molecule has 2 heterocycles. The molecule has 0 spiro atoms. The quantitative estimate of drug-likeness (QED) is 0.358. The Morgan fingerprint density at radius 2 is 1.71 bits per heavy atom. The first-order valence-corrected chi connectivity index (χ1v) is 11.7. The number of thiophene rings is 1. The molecule has 0 bridgehead atoms. The molecule has 2 N–H and O–H groups in total. The van der Waals surface area contributed by atoms with Crippen molar-refractivity contribution in [3.63, 3.8) is 0 Å². The van der Waals surface area contributed by atoms with Gasteiger partial charge >= 0.3 is 5.97 Å². The van der Waals surface area contributed by atoms with E-state index in [9.17, 15) is 19.2 Å². The SMILES string of the molecule is Cc1cc(C(=O)COC(=O)C(NC(=O)c2cccs2)C(C)C)c(C)n1NC(=O)c1ccccc1. The summed E-state index contributed by atoms with van der Waals surface area (Å²) in [4.78, 5) is 50.8. The van der Waals surface area contributed by atoms with Crippen LogP contribution in [0.5, 0.6) is 0 Å². The number of amides is 2. The normalized spacial score (nSPS) is 11.7. The predicted molar refractivity (Wildman–Crippen MR) is 130 cm³/mol. The molecule has 0 aliphatic rings. The second kappa shape index (κ2) is 10.9. The van der Waals surface area contributed by atoms with Gasteiger partial charge in [0, 0.05) is 22.5 Å². The number of hydrogen-bond donors (Lipinski definition) is 2. The van der Waals surface area contributed by atoms with Crippen molar-refractivity contribution < 1.29 is 23.9 Å². The highest BCUT2D eigenvalue weighted by Crippen LogP contribution is 2.16. The van der Waals surface area contributed by atoms with Gasteiger partial charge in [0.1, 0.15) is 6.04 Å². The molecule has 8 nitrogen and oxygen atoms in total. The Balaban J connectivity index is 1.64. The number of aromatic nitrogens is 1. The van der Waals surface area contributed by atoms with E-state index in [0.29, 0.717) is 27.4 Å². The van der Waals surface area contributed by atoms with Crippen LogP contribution < -0.4 is 10.7 Å². The Hall–Kier alpha value is -3.72. The summed E-state index contributed by atoms with van der Waals surface area (Å²) in [5, 5.41) is 4.45. The molecular formula is C25H27N3O5S. The fourth-order valence-electron chi connectivity index (χ4n) is 3.39. The molecule has 0 saturated heterocycles. The number of aryl methyl sites for hydroxylation is 1. The third-order valence-corrected chi connectivity index (χ3v) is 6.15. The van der Waals surface area contributed by atoms with Gasteiger partial charge in [-0.2, -0.15) is 0 Å². The standard InChI is InChI=1S/C25H27N3O5S/c1-15(2)22(26-24(31)21-11-8-12-34-21)25(32)33-14-20(29)19-13-16(3)28(17(19)4)27-23(30)18-9-6-5-7-10-18/h5-13,15,22H,14H2,1-4H3,(H,26,31)(H,27,30). The van der Waals surface area contributed by atoms with Crippen molar-refractivity contribution in [2.75, 3.05) is 12.0 Å². The number of nitrogens with one attached hydrogen (secondary N) is 2. The monoisotopic (exact) mass is 481 g/mol. The zero-order valence-corrected chi connectivity index (χ0v) is 20.3. The molecule has 1 aromatic carbocycles. The van der Waals surface area contributed by atoms with E-state index >= 15 is 0 Å². The van der Waals surface area contributed by atoms with Gasteiger partial charge < -0.3 is 10.1 Å². The van der Waals surface area contributed by atoms with Crippen LogP contribution in [0.25, 0.3) is 0 Å². The van der Waals surface area contributed by atoms with E-state index in [0.717, 1.165) is 0 Å². The van der Waals surface area contributed by atoms with Crippen LogP contribution in [0.2, 0.25) is 0 Å². The van der Waals surface area contributed by atoms with E-state index in [1.54, 1.807) is 75.5 Å². The van der Waals surface area contributed by atoms with Crippen molar-refractivity contribution in [1.82, 2.24) is 9.99 Å². The van der Waals surface area contributed by atoms with Gasteiger partial charge in [0.05, 0.1) is 4.88 Å². The van der Waals surface area contributed by atoms with E-state index in [2.05, 4.69) is 10.7 Å². The molecule has 178 valence electrons. The van der Waals surface area contributed by atoms with Gasteiger partial charge in [0.2, 0.25) is 5.78 Å². The molecule has 0 saturated carbocycles. The lowest BCUT2D eigenvalue weighted by atomic mass is 10.0. The average molecular weight is 482 g/mol. The maximum atomic E-state index is 12.8. The van der Waals surface area contributed by atoms with Crippen molar-refractivity contribution in [1.29, 1.82) is 0 Å². The van der Waals surface area contributed by atoms with Crippen LogP contribution in [0.3, 0.4) is 0 Å². The summed E-state index contributed by atoms with van der Waals surface area (Å²) in [6, 6.07) is 12.9. The second-order valence-electron chi connectivity index (χ2n) is 8.13. The Bertz CT molecular complexity index is 1180. The van der Waals surface area contributed by atoms with E-state index in [-0.39, 0.29) is 17.7 Å². The van der Waals surface area contributed by atoms with Crippen molar-refractivity contribution in [3.05, 3.63) is 81.3 Å². The molecule has 2 amide bonds. The number of carbonyl (C=O) groups excluding carboxylic acids is 4. The van der Waals surface area contributed by atoms with Crippen LogP contribution in [0.15, 0.2) is 53.9 Å². The number of nitrogens with zero attached hydrogens (tertiary/aromatic N) is 1. The third kappa shape index (κ3) is 5.79. The molecule has 0 aliphatic carbocycles. The van der Waals surface area contributed by atoms with Crippen LogP contribution >= 0.6 is 11.3 Å². The van der Waals surface area contributed by atoms with E-state index < -0.39 is 24.4 Å². The Kier molecular flexibility index (Phi) is 8.01. The number of Topliss-reactive ketones (excluding diaryl/α,β-unsaturated/α-hetero) is 1. The third-order valence-electron chi connectivity index (χ3n) is 5.28. The van der Waals surface area contributed by atoms with Crippen LogP contribution in [-0.2, 0) is 9.53 Å². The minimum Gasteiger partial charge on any atom is -0.456 e.